The average molecular weight is 362 g/mol. The fourth-order valence-corrected chi connectivity index (χ4v) is 2.27. The zero-order chi connectivity index (χ0) is 18.7. The average Bonchev–Trinajstić information content (AvgIpc) is 2.89. The zero-order valence-electron chi connectivity index (χ0n) is 15.0. The van der Waals surface area contributed by atoms with Crippen LogP contribution in [0.5, 0.6) is 0 Å². The molecule has 0 bridgehead atoms. The molecule has 8 nitrogen and oxygen atoms in total. The van der Waals surface area contributed by atoms with Crippen LogP contribution in [0.3, 0.4) is 0 Å². The number of rotatable bonds is 14. The van der Waals surface area contributed by atoms with E-state index in [0.717, 1.165) is 19.3 Å². The van der Waals surface area contributed by atoms with Crippen molar-refractivity contribution >= 4 is 5.97 Å². The number of hydrogen-bond donors (Lipinski definition) is 3. The van der Waals surface area contributed by atoms with Gasteiger partial charge >= 0.3 is 5.97 Å². The van der Waals surface area contributed by atoms with Gasteiger partial charge in [-0.3, -0.25) is 0 Å². The molecule has 0 amide bonds. The van der Waals surface area contributed by atoms with Gasteiger partial charge in [0.2, 0.25) is 5.76 Å². The Balaban J connectivity index is 2.58. The van der Waals surface area contributed by atoms with Crippen molar-refractivity contribution < 1.29 is 39.4 Å². The molecule has 0 saturated heterocycles. The van der Waals surface area contributed by atoms with Crippen LogP contribution in [-0.4, -0.2) is 59.4 Å². The lowest BCUT2D eigenvalue weighted by Crippen LogP contribution is -2.32. The van der Waals surface area contributed by atoms with E-state index < -0.39 is 30.9 Å². The highest BCUT2D eigenvalue weighted by Crippen LogP contribution is 2.27. The van der Waals surface area contributed by atoms with Crippen LogP contribution in [0.2, 0.25) is 0 Å². The fourth-order valence-electron chi connectivity index (χ4n) is 2.27. The van der Waals surface area contributed by atoms with Gasteiger partial charge in [-0.1, -0.05) is 39.0 Å². The smallest absolute Gasteiger partial charge is 0.378 e. The summed E-state index contributed by atoms with van der Waals surface area (Å²) in [4.78, 5) is 21.8. The number of carbonyl (C=O) groups excluding carboxylic acids is 1. The van der Waals surface area contributed by atoms with Crippen LogP contribution in [0.1, 0.15) is 52.4 Å². The first-order valence-corrected chi connectivity index (χ1v) is 8.85. The third-order valence-corrected chi connectivity index (χ3v) is 3.64. The maximum absolute atomic E-state index is 11.9. The van der Waals surface area contributed by atoms with Crippen molar-refractivity contribution in [2.75, 3.05) is 19.8 Å². The van der Waals surface area contributed by atoms with Crippen LogP contribution >= 0.6 is 0 Å². The summed E-state index contributed by atoms with van der Waals surface area (Å²) in [5.41, 5.74) is 0. The van der Waals surface area contributed by atoms with E-state index in [2.05, 4.69) is 6.92 Å². The molecule has 0 aliphatic carbocycles. The molecule has 1 heterocycles. The molecule has 1 aliphatic heterocycles. The first-order valence-electron chi connectivity index (χ1n) is 8.85. The summed E-state index contributed by atoms with van der Waals surface area (Å²) in [5.74, 6) is -1.08. The van der Waals surface area contributed by atoms with Crippen molar-refractivity contribution in [3.8, 4) is 0 Å². The third-order valence-electron chi connectivity index (χ3n) is 3.64. The topological polar surface area (TPSA) is 115 Å². The van der Waals surface area contributed by atoms with Gasteiger partial charge in [-0.2, -0.15) is 4.89 Å². The highest BCUT2D eigenvalue weighted by Gasteiger charge is 2.43. The molecular formula is C17H30O8. The quantitative estimate of drug-likeness (QED) is 0.183. The standard InChI is InChI=1S/C17H30O8/c1-3-4-5-6-7-8-9-22-16-15(25-23-11-12(2)19)14(13(20)10-18)24-17(16)21/h12-14,18-20H,3-11H2,1-2H3/t12?,13-,14+/m0/s1. The predicted molar refractivity (Wildman–Crippen MR) is 88.0 cm³/mol. The van der Waals surface area contributed by atoms with E-state index >= 15 is 0 Å². The molecule has 1 unspecified atom stereocenters. The number of ether oxygens (including phenoxy) is 2. The number of aliphatic hydroxyl groups is 3. The number of esters is 1. The fraction of sp³-hybridized carbons (Fsp3) is 0.824. The first-order chi connectivity index (χ1) is 12.0. The van der Waals surface area contributed by atoms with Crippen molar-refractivity contribution in [1.29, 1.82) is 0 Å². The minimum atomic E-state index is -1.36. The minimum absolute atomic E-state index is 0.127. The van der Waals surface area contributed by atoms with E-state index in [0.29, 0.717) is 6.61 Å². The molecule has 3 atom stereocenters. The summed E-state index contributed by atoms with van der Waals surface area (Å²) in [6.45, 7) is 3.21. The van der Waals surface area contributed by atoms with Gasteiger partial charge in [0.25, 0.3) is 5.76 Å². The van der Waals surface area contributed by atoms with Crippen LogP contribution in [-0.2, 0) is 24.0 Å². The molecule has 0 radical (unpaired) electrons. The molecule has 146 valence electrons. The highest BCUT2D eigenvalue weighted by molar-refractivity contribution is 5.89. The number of hydrogen-bond acceptors (Lipinski definition) is 8. The Morgan fingerprint density at radius 3 is 2.48 bits per heavy atom. The van der Waals surface area contributed by atoms with Gasteiger partial charge in [0.1, 0.15) is 12.7 Å². The Kier molecular flexibility index (Phi) is 10.5. The summed E-state index contributed by atoms with van der Waals surface area (Å²) in [6, 6.07) is 0. The lowest BCUT2D eigenvalue weighted by molar-refractivity contribution is -0.284. The second-order valence-corrected chi connectivity index (χ2v) is 6.10. The number of unbranched alkanes of at least 4 members (excludes halogenated alkanes) is 5. The summed E-state index contributed by atoms with van der Waals surface area (Å²) >= 11 is 0. The zero-order valence-corrected chi connectivity index (χ0v) is 15.0. The summed E-state index contributed by atoms with van der Waals surface area (Å²) in [7, 11) is 0. The van der Waals surface area contributed by atoms with Crippen LogP contribution in [0.25, 0.3) is 0 Å². The Hall–Kier alpha value is -1.35. The molecule has 0 aromatic heterocycles. The molecule has 0 aromatic carbocycles. The molecule has 25 heavy (non-hydrogen) atoms. The van der Waals surface area contributed by atoms with E-state index in [1.165, 1.54) is 26.2 Å². The monoisotopic (exact) mass is 362 g/mol. The first kappa shape index (κ1) is 21.7. The second-order valence-electron chi connectivity index (χ2n) is 6.10. The van der Waals surface area contributed by atoms with Crippen molar-refractivity contribution in [1.82, 2.24) is 0 Å². The number of carbonyl (C=O) groups is 1. The van der Waals surface area contributed by atoms with E-state index in [9.17, 15) is 15.0 Å². The van der Waals surface area contributed by atoms with Crippen molar-refractivity contribution in [2.45, 2.75) is 70.7 Å². The van der Waals surface area contributed by atoms with Gasteiger partial charge in [0.15, 0.2) is 6.10 Å². The maximum atomic E-state index is 11.9. The van der Waals surface area contributed by atoms with E-state index in [1.807, 2.05) is 0 Å². The molecule has 8 heteroatoms. The molecular weight excluding hydrogens is 332 g/mol. The van der Waals surface area contributed by atoms with Gasteiger partial charge in [0.05, 0.1) is 19.3 Å². The summed E-state index contributed by atoms with van der Waals surface area (Å²) in [6.07, 6.45) is 3.09. The van der Waals surface area contributed by atoms with Crippen molar-refractivity contribution in [2.24, 2.45) is 0 Å². The normalized spacial score (nSPS) is 19.7. The van der Waals surface area contributed by atoms with Crippen LogP contribution < -0.4 is 0 Å². The molecule has 3 N–H and O–H groups in total. The van der Waals surface area contributed by atoms with Crippen LogP contribution in [0.4, 0.5) is 0 Å². The van der Waals surface area contributed by atoms with Gasteiger partial charge in [-0.15, -0.1) is 0 Å². The predicted octanol–water partition coefficient (Wildman–Crippen LogP) is 1.18. The molecule has 1 rings (SSSR count). The van der Waals surface area contributed by atoms with E-state index in [4.69, 9.17) is 24.4 Å². The minimum Gasteiger partial charge on any atom is -0.484 e. The third kappa shape index (κ3) is 7.60. The summed E-state index contributed by atoms with van der Waals surface area (Å²) in [5, 5.41) is 28.0. The molecule has 0 aromatic rings. The Labute approximate surface area is 148 Å². The molecule has 0 saturated carbocycles. The van der Waals surface area contributed by atoms with Crippen molar-refractivity contribution in [3.05, 3.63) is 11.5 Å². The maximum Gasteiger partial charge on any atom is 0.378 e. The van der Waals surface area contributed by atoms with Crippen molar-refractivity contribution in [3.63, 3.8) is 0 Å². The summed E-state index contributed by atoms with van der Waals surface area (Å²) < 4.78 is 10.5. The molecule has 1 aliphatic rings. The van der Waals surface area contributed by atoms with Crippen LogP contribution in [0.15, 0.2) is 11.5 Å². The van der Waals surface area contributed by atoms with Crippen LogP contribution in [0, 0.1) is 0 Å². The molecule has 0 fully saturated rings. The lowest BCUT2D eigenvalue weighted by atomic mass is 10.1. The van der Waals surface area contributed by atoms with E-state index in [-0.39, 0.29) is 18.1 Å². The largest absolute Gasteiger partial charge is 0.484 e. The van der Waals surface area contributed by atoms with Gasteiger partial charge in [-0.05, 0) is 13.3 Å². The van der Waals surface area contributed by atoms with E-state index in [1.54, 1.807) is 0 Å². The Morgan fingerprint density at radius 1 is 1.16 bits per heavy atom. The lowest BCUT2D eigenvalue weighted by Gasteiger charge is -2.17. The molecule has 0 spiro atoms. The highest BCUT2D eigenvalue weighted by atomic mass is 17.2. The van der Waals surface area contributed by atoms with Gasteiger partial charge < -0.3 is 29.7 Å². The SMILES string of the molecule is CCCCCCCCOC1=C(OOCC(C)O)[C@@H]([C@@H](O)CO)OC1=O. The number of aliphatic hydroxyl groups excluding tert-OH is 3. The Bertz CT molecular complexity index is 421. The second kappa shape index (κ2) is 12.1. The van der Waals surface area contributed by atoms with Gasteiger partial charge in [0, 0.05) is 0 Å². The number of cyclic esters (lactones) is 1. The Morgan fingerprint density at radius 2 is 1.84 bits per heavy atom. The van der Waals surface area contributed by atoms with Gasteiger partial charge in [-0.25, -0.2) is 4.79 Å².